The van der Waals surface area contributed by atoms with E-state index in [9.17, 15) is 0 Å². The molecule has 7 heteroatoms. The number of para-hydroxylation sites is 1. The van der Waals surface area contributed by atoms with Crippen LogP contribution in [0, 0.1) is 13.8 Å². The Hall–Kier alpha value is -3.12. The van der Waals surface area contributed by atoms with Crippen molar-refractivity contribution in [1.82, 2.24) is 19.7 Å². The van der Waals surface area contributed by atoms with Crippen LogP contribution in [0.25, 0.3) is 28.7 Å². The molecule has 0 saturated heterocycles. The van der Waals surface area contributed by atoms with Crippen LogP contribution in [0.1, 0.15) is 11.3 Å². The van der Waals surface area contributed by atoms with E-state index in [0.717, 1.165) is 28.3 Å². The van der Waals surface area contributed by atoms with Crippen LogP contribution in [0.15, 0.2) is 53.3 Å². The van der Waals surface area contributed by atoms with E-state index in [1.54, 1.807) is 13.4 Å². The number of ether oxygens (including phenoxy) is 1. The van der Waals surface area contributed by atoms with Crippen molar-refractivity contribution in [3.8, 4) is 34.4 Å². The summed E-state index contributed by atoms with van der Waals surface area (Å²) in [7, 11) is 1.63. The van der Waals surface area contributed by atoms with Gasteiger partial charge in [0.2, 0.25) is 5.82 Å². The quantitative estimate of drug-likeness (QED) is 0.505. The molecule has 0 fully saturated rings. The summed E-state index contributed by atoms with van der Waals surface area (Å²) in [6, 6.07) is 13.3. The summed E-state index contributed by atoms with van der Waals surface area (Å²) in [5.41, 5.74) is 4.28. The third kappa shape index (κ3) is 3.08. The molecule has 4 aromatic rings. The maximum absolute atomic E-state index is 6.39. The number of hydrogen-bond donors (Lipinski definition) is 0. The summed E-state index contributed by atoms with van der Waals surface area (Å²) >= 11 is 6.39. The Kier molecular flexibility index (Phi) is 4.41. The fourth-order valence-electron chi connectivity index (χ4n) is 2.95. The van der Waals surface area contributed by atoms with Crippen LogP contribution < -0.4 is 4.74 Å². The fraction of sp³-hybridized carbons (Fsp3) is 0.150. The Bertz CT molecular complexity index is 1080. The molecule has 0 spiro atoms. The molecule has 0 radical (unpaired) electrons. The van der Waals surface area contributed by atoms with E-state index >= 15 is 0 Å². The van der Waals surface area contributed by atoms with E-state index in [-0.39, 0.29) is 0 Å². The zero-order chi connectivity index (χ0) is 19.0. The molecule has 6 nitrogen and oxygen atoms in total. The van der Waals surface area contributed by atoms with Crippen molar-refractivity contribution in [2.75, 3.05) is 7.11 Å². The number of aryl methyl sites for hydroxylation is 1. The first-order valence-corrected chi connectivity index (χ1v) is 8.74. The highest BCUT2D eigenvalue weighted by Gasteiger charge is 2.19. The Balaban J connectivity index is 1.71. The predicted octanol–water partition coefficient (Wildman–Crippen LogP) is 4.87. The predicted molar refractivity (Wildman–Crippen MR) is 103 cm³/mol. The van der Waals surface area contributed by atoms with E-state index in [1.165, 1.54) is 0 Å². The number of rotatable bonds is 4. The standard InChI is InChI=1S/C20H17ClN4O2/c1-12-5-4-6-16(21)18(12)25-11-22-17(13(25)2)20-23-19(24-27-20)14-7-9-15(26-3)10-8-14/h4-11H,1-3H3. The van der Waals surface area contributed by atoms with Gasteiger partial charge >= 0.3 is 0 Å². The van der Waals surface area contributed by atoms with Crippen LogP contribution >= 0.6 is 11.6 Å². The van der Waals surface area contributed by atoms with Gasteiger partial charge in [-0.3, -0.25) is 0 Å². The van der Waals surface area contributed by atoms with Gasteiger partial charge in [-0.05, 0) is 49.7 Å². The zero-order valence-corrected chi connectivity index (χ0v) is 15.9. The summed E-state index contributed by atoms with van der Waals surface area (Å²) < 4.78 is 12.6. The average molecular weight is 381 g/mol. The van der Waals surface area contributed by atoms with Gasteiger partial charge in [0.25, 0.3) is 5.89 Å². The van der Waals surface area contributed by atoms with Crippen LogP contribution in [0.3, 0.4) is 0 Å². The molecule has 27 heavy (non-hydrogen) atoms. The van der Waals surface area contributed by atoms with E-state index in [0.29, 0.717) is 22.4 Å². The summed E-state index contributed by atoms with van der Waals surface area (Å²) in [6.45, 7) is 3.96. The molecule has 136 valence electrons. The smallest absolute Gasteiger partial charge is 0.278 e. The normalized spacial score (nSPS) is 11.0. The minimum absolute atomic E-state index is 0.363. The minimum atomic E-state index is 0.363. The Labute approximate surface area is 161 Å². The lowest BCUT2D eigenvalue weighted by atomic mass is 10.2. The van der Waals surface area contributed by atoms with E-state index in [1.807, 2.05) is 60.9 Å². The van der Waals surface area contributed by atoms with Crippen LogP contribution in [-0.4, -0.2) is 26.8 Å². The summed E-state index contributed by atoms with van der Waals surface area (Å²) in [4.78, 5) is 8.96. The monoisotopic (exact) mass is 380 g/mol. The van der Waals surface area contributed by atoms with Crippen LogP contribution in [-0.2, 0) is 0 Å². The van der Waals surface area contributed by atoms with Crippen molar-refractivity contribution >= 4 is 11.6 Å². The van der Waals surface area contributed by atoms with Gasteiger partial charge in [0, 0.05) is 5.56 Å². The van der Waals surface area contributed by atoms with Gasteiger partial charge in [-0.1, -0.05) is 28.9 Å². The molecule has 0 bridgehead atoms. The molecular weight excluding hydrogens is 364 g/mol. The van der Waals surface area contributed by atoms with Gasteiger partial charge in [-0.15, -0.1) is 0 Å². The number of hydrogen-bond acceptors (Lipinski definition) is 5. The molecular formula is C20H17ClN4O2. The molecule has 0 atom stereocenters. The van der Waals surface area contributed by atoms with Crippen LogP contribution in [0.5, 0.6) is 5.75 Å². The Morgan fingerprint density at radius 1 is 1.07 bits per heavy atom. The second-order valence-corrected chi connectivity index (χ2v) is 6.51. The minimum Gasteiger partial charge on any atom is -0.497 e. The third-order valence-electron chi connectivity index (χ3n) is 4.41. The van der Waals surface area contributed by atoms with Gasteiger partial charge < -0.3 is 13.8 Å². The van der Waals surface area contributed by atoms with Gasteiger partial charge in [-0.2, -0.15) is 4.98 Å². The maximum Gasteiger partial charge on any atom is 0.278 e. The number of halogens is 1. The Morgan fingerprint density at radius 3 is 2.56 bits per heavy atom. The van der Waals surface area contributed by atoms with E-state index in [4.69, 9.17) is 20.9 Å². The number of nitrogens with zero attached hydrogens (tertiary/aromatic N) is 4. The molecule has 2 heterocycles. The molecule has 4 rings (SSSR count). The van der Waals surface area contributed by atoms with Crippen molar-refractivity contribution in [2.24, 2.45) is 0 Å². The second kappa shape index (κ2) is 6.89. The van der Waals surface area contributed by atoms with Crippen LogP contribution in [0.4, 0.5) is 0 Å². The van der Waals surface area contributed by atoms with Crippen molar-refractivity contribution in [1.29, 1.82) is 0 Å². The van der Waals surface area contributed by atoms with Gasteiger partial charge in [0.1, 0.15) is 17.8 Å². The molecule has 0 amide bonds. The molecule has 2 aromatic heterocycles. The van der Waals surface area contributed by atoms with Crippen molar-refractivity contribution in [3.63, 3.8) is 0 Å². The van der Waals surface area contributed by atoms with Crippen molar-refractivity contribution in [2.45, 2.75) is 13.8 Å². The first-order chi connectivity index (χ1) is 13.1. The molecule has 0 unspecified atom stereocenters. The average Bonchev–Trinajstić information content (AvgIpc) is 3.29. The SMILES string of the molecule is COc1ccc(-c2noc(-c3ncn(-c4c(C)cccc4Cl)c3C)n2)cc1. The van der Waals surface area contributed by atoms with Crippen molar-refractivity contribution in [3.05, 3.63) is 65.1 Å². The molecule has 0 N–H and O–H groups in total. The fourth-order valence-corrected chi connectivity index (χ4v) is 3.26. The number of methoxy groups -OCH3 is 1. The summed E-state index contributed by atoms with van der Waals surface area (Å²) in [5, 5.41) is 4.73. The maximum atomic E-state index is 6.39. The van der Waals surface area contributed by atoms with E-state index in [2.05, 4.69) is 15.1 Å². The second-order valence-electron chi connectivity index (χ2n) is 6.11. The third-order valence-corrected chi connectivity index (χ3v) is 4.72. The highest BCUT2D eigenvalue weighted by atomic mass is 35.5. The highest BCUT2D eigenvalue weighted by Crippen LogP contribution is 2.30. The highest BCUT2D eigenvalue weighted by molar-refractivity contribution is 6.32. The first-order valence-electron chi connectivity index (χ1n) is 8.36. The molecule has 0 aliphatic rings. The lowest BCUT2D eigenvalue weighted by Crippen LogP contribution is -1.99. The number of benzene rings is 2. The van der Waals surface area contributed by atoms with Gasteiger partial charge in [0.15, 0.2) is 0 Å². The zero-order valence-electron chi connectivity index (χ0n) is 15.1. The molecule has 2 aromatic carbocycles. The van der Waals surface area contributed by atoms with E-state index < -0.39 is 0 Å². The van der Waals surface area contributed by atoms with Crippen LogP contribution in [0.2, 0.25) is 5.02 Å². The lowest BCUT2D eigenvalue weighted by Gasteiger charge is -2.10. The largest absolute Gasteiger partial charge is 0.497 e. The first kappa shape index (κ1) is 17.3. The van der Waals surface area contributed by atoms with Gasteiger partial charge in [0.05, 0.1) is 23.5 Å². The summed E-state index contributed by atoms with van der Waals surface area (Å²) in [5.74, 6) is 1.63. The summed E-state index contributed by atoms with van der Waals surface area (Å²) in [6.07, 6.45) is 1.72. The number of aromatic nitrogens is 4. The number of imidazole rings is 1. The molecule has 0 aliphatic carbocycles. The Morgan fingerprint density at radius 2 is 1.85 bits per heavy atom. The van der Waals surface area contributed by atoms with Crippen molar-refractivity contribution < 1.29 is 9.26 Å². The molecule has 0 aliphatic heterocycles. The molecule has 0 saturated carbocycles. The van der Waals surface area contributed by atoms with Gasteiger partial charge in [-0.25, -0.2) is 4.98 Å². The lowest BCUT2D eigenvalue weighted by molar-refractivity contribution is 0.414. The topological polar surface area (TPSA) is 66.0 Å².